The van der Waals surface area contributed by atoms with E-state index in [0.29, 0.717) is 31.8 Å². The molecule has 130 valence electrons. The van der Waals surface area contributed by atoms with E-state index in [9.17, 15) is 9.59 Å². The van der Waals surface area contributed by atoms with Crippen LogP contribution < -0.4 is 0 Å². The highest BCUT2D eigenvalue weighted by Gasteiger charge is 2.13. The van der Waals surface area contributed by atoms with Crippen molar-refractivity contribution in [2.24, 2.45) is 5.92 Å². The highest BCUT2D eigenvalue weighted by Crippen LogP contribution is 2.11. The molecule has 0 aliphatic rings. The SMILES string of the molecule is CCCCC(CC)OC(=O)CCCC(=O)OCCCC(C)C. The predicted octanol–water partition coefficient (Wildman–Crippen LogP) is 4.65. The number of carbonyl (C=O) groups is 2. The highest BCUT2D eigenvalue weighted by molar-refractivity contribution is 5.72. The largest absolute Gasteiger partial charge is 0.466 e. The normalized spacial score (nSPS) is 12.2. The molecule has 0 rings (SSSR count). The lowest BCUT2D eigenvalue weighted by molar-refractivity contribution is -0.150. The molecule has 0 amide bonds. The molecule has 0 aliphatic heterocycles. The van der Waals surface area contributed by atoms with Crippen molar-refractivity contribution in [2.45, 2.75) is 91.6 Å². The summed E-state index contributed by atoms with van der Waals surface area (Å²) in [7, 11) is 0. The van der Waals surface area contributed by atoms with Gasteiger partial charge in [0.1, 0.15) is 6.10 Å². The van der Waals surface area contributed by atoms with Gasteiger partial charge < -0.3 is 9.47 Å². The lowest BCUT2D eigenvalue weighted by atomic mass is 10.1. The topological polar surface area (TPSA) is 52.6 Å². The smallest absolute Gasteiger partial charge is 0.306 e. The van der Waals surface area contributed by atoms with Crippen LogP contribution in [0.1, 0.15) is 85.5 Å². The molecule has 0 aliphatic carbocycles. The van der Waals surface area contributed by atoms with E-state index in [-0.39, 0.29) is 18.0 Å². The first-order valence-electron chi connectivity index (χ1n) is 8.84. The molecule has 0 saturated heterocycles. The van der Waals surface area contributed by atoms with E-state index in [2.05, 4.69) is 20.8 Å². The molecule has 1 unspecified atom stereocenters. The number of carbonyl (C=O) groups excluding carboxylic acids is 2. The molecule has 0 bridgehead atoms. The quantitative estimate of drug-likeness (QED) is 0.367. The van der Waals surface area contributed by atoms with Crippen LogP contribution in [-0.2, 0) is 19.1 Å². The Balaban J connectivity index is 3.67. The standard InChI is InChI=1S/C18H34O4/c1-5-7-11-16(6-2)22-18(20)13-8-12-17(19)21-14-9-10-15(3)4/h15-16H,5-14H2,1-4H3. The summed E-state index contributed by atoms with van der Waals surface area (Å²) in [5, 5.41) is 0. The van der Waals surface area contributed by atoms with Crippen LogP contribution in [0.2, 0.25) is 0 Å². The number of unbranched alkanes of at least 4 members (excludes halogenated alkanes) is 1. The van der Waals surface area contributed by atoms with Gasteiger partial charge in [0.2, 0.25) is 0 Å². The number of esters is 2. The Morgan fingerprint density at radius 2 is 1.59 bits per heavy atom. The van der Waals surface area contributed by atoms with Crippen LogP contribution in [0.25, 0.3) is 0 Å². The van der Waals surface area contributed by atoms with Crippen LogP contribution in [0.15, 0.2) is 0 Å². The maximum atomic E-state index is 11.7. The molecule has 0 aromatic heterocycles. The fourth-order valence-corrected chi connectivity index (χ4v) is 2.15. The zero-order valence-electron chi connectivity index (χ0n) is 14.9. The monoisotopic (exact) mass is 314 g/mol. The Bertz CT molecular complexity index is 299. The Kier molecular flexibility index (Phi) is 12.9. The summed E-state index contributed by atoms with van der Waals surface area (Å²) in [6, 6.07) is 0. The minimum absolute atomic E-state index is 0.0236. The fraction of sp³-hybridized carbons (Fsp3) is 0.889. The molecular formula is C18H34O4. The van der Waals surface area contributed by atoms with Gasteiger partial charge in [0.25, 0.3) is 0 Å². The van der Waals surface area contributed by atoms with Gasteiger partial charge in [-0.05, 0) is 38.0 Å². The Morgan fingerprint density at radius 3 is 2.18 bits per heavy atom. The number of hydrogen-bond donors (Lipinski definition) is 0. The lowest BCUT2D eigenvalue weighted by Crippen LogP contribution is -2.17. The second kappa shape index (κ2) is 13.6. The van der Waals surface area contributed by atoms with Crippen molar-refractivity contribution in [2.75, 3.05) is 6.61 Å². The Morgan fingerprint density at radius 1 is 0.909 bits per heavy atom. The van der Waals surface area contributed by atoms with Gasteiger partial charge in [-0.2, -0.15) is 0 Å². The van der Waals surface area contributed by atoms with Crippen LogP contribution in [0, 0.1) is 5.92 Å². The van der Waals surface area contributed by atoms with Gasteiger partial charge in [0, 0.05) is 12.8 Å². The third kappa shape index (κ3) is 12.7. The number of ether oxygens (including phenoxy) is 2. The lowest BCUT2D eigenvalue weighted by Gasteiger charge is -2.15. The summed E-state index contributed by atoms with van der Waals surface area (Å²) in [6.45, 7) is 8.94. The molecule has 0 saturated carbocycles. The molecule has 0 radical (unpaired) electrons. The molecule has 22 heavy (non-hydrogen) atoms. The van der Waals surface area contributed by atoms with Gasteiger partial charge in [0.15, 0.2) is 0 Å². The minimum atomic E-state index is -0.213. The first-order valence-corrected chi connectivity index (χ1v) is 8.84. The summed E-state index contributed by atoms with van der Waals surface area (Å²) in [6.07, 6.45) is 7.05. The van der Waals surface area contributed by atoms with Crippen LogP contribution >= 0.6 is 0 Å². The van der Waals surface area contributed by atoms with Gasteiger partial charge in [-0.1, -0.05) is 40.5 Å². The molecule has 4 nitrogen and oxygen atoms in total. The second-order valence-corrected chi connectivity index (χ2v) is 6.27. The Hall–Kier alpha value is -1.06. The zero-order valence-corrected chi connectivity index (χ0v) is 14.9. The predicted molar refractivity (Wildman–Crippen MR) is 88.6 cm³/mol. The molecule has 1 atom stereocenters. The maximum Gasteiger partial charge on any atom is 0.306 e. The zero-order chi connectivity index (χ0) is 16.8. The van der Waals surface area contributed by atoms with Gasteiger partial charge in [0.05, 0.1) is 6.61 Å². The van der Waals surface area contributed by atoms with E-state index < -0.39 is 0 Å². The van der Waals surface area contributed by atoms with Crippen LogP contribution in [0.4, 0.5) is 0 Å². The van der Waals surface area contributed by atoms with E-state index >= 15 is 0 Å². The van der Waals surface area contributed by atoms with E-state index in [4.69, 9.17) is 9.47 Å². The number of hydrogen-bond acceptors (Lipinski definition) is 4. The molecule has 0 fully saturated rings. The first kappa shape index (κ1) is 20.9. The molecule has 0 N–H and O–H groups in total. The molecular weight excluding hydrogens is 280 g/mol. The van der Waals surface area contributed by atoms with Gasteiger partial charge in [-0.25, -0.2) is 0 Å². The van der Waals surface area contributed by atoms with Crippen molar-refractivity contribution >= 4 is 11.9 Å². The van der Waals surface area contributed by atoms with Crippen LogP contribution in [0.3, 0.4) is 0 Å². The third-order valence-corrected chi connectivity index (χ3v) is 3.58. The molecule has 0 heterocycles. The fourth-order valence-electron chi connectivity index (χ4n) is 2.15. The van der Waals surface area contributed by atoms with Crippen molar-refractivity contribution in [1.82, 2.24) is 0 Å². The maximum absolute atomic E-state index is 11.7. The molecule has 0 spiro atoms. The average molecular weight is 314 g/mol. The Labute approximate surface area is 135 Å². The molecule has 0 aromatic rings. The van der Waals surface area contributed by atoms with Crippen LogP contribution in [0.5, 0.6) is 0 Å². The van der Waals surface area contributed by atoms with E-state index in [1.807, 2.05) is 6.92 Å². The van der Waals surface area contributed by atoms with Gasteiger partial charge >= 0.3 is 11.9 Å². The highest BCUT2D eigenvalue weighted by atomic mass is 16.5. The molecule has 0 aromatic carbocycles. The average Bonchev–Trinajstić information content (AvgIpc) is 2.47. The summed E-state index contributed by atoms with van der Waals surface area (Å²) in [5.74, 6) is 0.220. The van der Waals surface area contributed by atoms with E-state index in [1.165, 1.54) is 0 Å². The first-order chi connectivity index (χ1) is 10.5. The van der Waals surface area contributed by atoms with E-state index in [1.54, 1.807) is 0 Å². The van der Waals surface area contributed by atoms with Crippen molar-refractivity contribution < 1.29 is 19.1 Å². The van der Waals surface area contributed by atoms with Crippen LogP contribution in [-0.4, -0.2) is 24.6 Å². The summed E-state index contributed by atoms with van der Waals surface area (Å²) in [5.41, 5.74) is 0. The van der Waals surface area contributed by atoms with Gasteiger partial charge in [-0.3, -0.25) is 9.59 Å². The van der Waals surface area contributed by atoms with Crippen molar-refractivity contribution in [3.63, 3.8) is 0 Å². The minimum Gasteiger partial charge on any atom is -0.466 e. The van der Waals surface area contributed by atoms with Gasteiger partial charge in [-0.15, -0.1) is 0 Å². The number of rotatable bonds is 13. The van der Waals surface area contributed by atoms with E-state index in [0.717, 1.165) is 38.5 Å². The van der Waals surface area contributed by atoms with Crippen molar-refractivity contribution in [3.8, 4) is 0 Å². The summed E-state index contributed by atoms with van der Waals surface area (Å²) >= 11 is 0. The second-order valence-electron chi connectivity index (χ2n) is 6.27. The summed E-state index contributed by atoms with van der Waals surface area (Å²) < 4.78 is 10.6. The molecule has 4 heteroatoms. The van der Waals surface area contributed by atoms with Crippen molar-refractivity contribution in [1.29, 1.82) is 0 Å². The van der Waals surface area contributed by atoms with Crippen molar-refractivity contribution in [3.05, 3.63) is 0 Å². The summed E-state index contributed by atoms with van der Waals surface area (Å²) in [4.78, 5) is 23.2. The third-order valence-electron chi connectivity index (χ3n) is 3.58.